The largest absolute Gasteiger partial charge is 0.397 e. The van der Waals surface area contributed by atoms with Crippen LogP contribution in [0.25, 0.3) is 0 Å². The molecule has 0 heterocycles. The molecule has 0 bridgehead atoms. The number of carbonyl (C=O) groups is 1. The molecule has 72 valence electrons. The van der Waals surface area contributed by atoms with Crippen molar-refractivity contribution < 1.29 is 4.79 Å². The summed E-state index contributed by atoms with van der Waals surface area (Å²) in [5.41, 5.74) is 13.8. The van der Waals surface area contributed by atoms with Gasteiger partial charge in [0, 0.05) is 22.6 Å². The molecular weight excluding hydrogens is 291 g/mol. The van der Waals surface area contributed by atoms with Crippen LogP contribution in [-0.4, -0.2) is 3.79 Å². The van der Waals surface area contributed by atoms with Gasteiger partial charge in [-0.15, -0.1) is 0 Å². The summed E-state index contributed by atoms with van der Waals surface area (Å²) in [6, 6.07) is 3.57. The first kappa shape index (κ1) is 10.9. The summed E-state index contributed by atoms with van der Waals surface area (Å²) in [7, 11) is 0. The summed E-state index contributed by atoms with van der Waals surface area (Å²) >= 11 is 1.61. The minimum absolute atomic E-state index is 0.220. The normalized spacial score (nSPS) is 9.00. The van der Waals surface area contributed by atoms with E-state index >= 15 is 0 Å². The van der Waals surface area contributed by atoms with E-state index in [1.165, 1.54) is 0 Å². The second kappa shape index (κ2) is 4.33. The fourth-order valence-corrected chi connectivity index (χ4v) is 1.18. The van der Waals surface area contributed by atoms with Crippen molar-refractivity contribution in [1.29, 1.82) is 0 Å². The number of nitrogens with two attached hydrogens (primary N) is 2. The molecule has 0 amide bonds. The minimum atomic E-state index is -0.220. The van der Waals surface area contributed by atoms with E-state index in [0.29, 0.717) is 16.9 Å². The molecule has 0 aromatic heterocycles. The van der Waals surface area contributed by atoms with Crippen LogP contribution in [0.5, 0.6) is 0 Å². The molecule has 0 atom stereocenters. The van der Waals surface area contributed by atoms with Gasteiger partial charge in [-0.05, 0) is 30.5 Å². The maximum Gasteiger partial charge on any atom is 0.265 e. The Morgan fingerprint density at radius 1 is 1.43 bits per heavy atom. The first-order valence-corrected chi connectivity index (χ1v) is 4.95. The lowest BCUT2D eigenvalue weighted by molar-refractivity contribution is -0.104. The molecule has 3 nitrogen and oxygen atoms in total. The highest BCUT2D eigenvalue weighted by Gasteiger charge is 2.01. The lowest BCUT2D eigenvalue weighted by Crippen LogP contribution is -1.98. The number of nitrogen functional groups attached to an aromatic ring is 2. The van der Waals surface area contributed by atoms with Crippen LogP contribution in [0.15, 0.2) is 12.1 Å². The van der Waals surface area contributed by atoms with Gasteiger partial charge in [0.25, 0.3) is 3.79 Å². The molecule has 0 saturated carbocycles. The van der Waals surface area contributed by atoms with E-state index in [4.69, 9.17) is 11.5 Å². The number of hydrogen-bond acceptors (Lipinski definition) is 3. The molecule has 0 saturated heterocycles. The van der Waals surface area contributed by atoms with Gasteiger partial charge in [-0.2, -0.15) is 0 Å². The van der Waals surface area contributed by atoms with Crippen LogP contribution in [0, 0.1) is 18.8 Å². The van der Waals surface area contributed by atoms with Gasteiger partial charge in [-0.25, -0.2) is 0 Å². The molecule has 1 aromatic carbocycles. The first-order valence-electron chi connectivity index (χ1n) is 3.88. The van der Waals surface area contributed by atoms with E-state index in [1.54, 1.807) is 34.7 Å². The number of rotatable bonds is 0. The van der Waals surface area contributed by atoms with Gasteiger partial charge in [0.05, 0.1) is 16.9 Å². The number of hydrogen-bond donors (Lipinski definition) is 2. The molecule has 0 aliphatic rings. The third kappa shape index (κ3) is 2.64. The molecule has 0 aliphatic heterocycles. The molecule has 4 heteroatoms. The van der Waals surface area contributed by atoms with Crippen molar-refractivity contribution in [2.24, 2.45) is 0 Å². The number of halogens is 1. The quantitative estimate of drug-likeness (QED) is 0.330. The van der Waals surface area contributed by atoms with Crippen molar-refractivity contribution in [1.82, 2.24) is 0 Å². The Morgan fingerprint density at radius 2 is 2.07 bits per heavy atom. The predicted octanol–water partition coefficient (Wildman–Crippen LogP) is 1.47. The van der Waals surface area contributed by atoms with Crippen molar-refractivity contribution >= 4 is 37.8 Å². The second-order valence-corrected chi connectivity index (χ2v) is 3.82. The van der Waals surface area contributed by atoms with Gasteiger partial charge < -0.3 is 11.5 Å². The topological polar surface area (TPSA) is 69.1 Å². The van der Waals surface area contributed by atoms with Crippen LogP contribution in [0.3, 0.4) is 0 Å². The average molecular weight is 300 g/mol. The maximum absolute atomic E-state index is 10.6. The zero-order valence-corrected chi connectivity index (χ0v) is 9.75. The van der Waals surface area contributed by atoms with E-state index in [-0.39, 0.29) is 3.79 Å². The summed E-state index contributed by atoms with van der Waals surface area (Å²) in [6.07, 6.45) is 0. The van der Waals surface area contributed by atoms with Crippen LogP contribution >= 0.6 is 22.6 Å². The highest BCUT2D eigenvalue weighted by molar-refractivity contribution is 14.1. The summed E-state index contributed by atoms with van der Waals surface area (Å²) < 4.78 is -0.220. The Labute approximate surface area is 96.0 Å². The highest BCUT2D eigenvalue weighted by atomic mass is 127. The fraction of sp³-hybridized carbons (Fsp3) is 0.100. The maximum atomic E-state index is 10.6. The number of benzene rings is 1. The molecule has 0 unspecified atom stereocenters. The molecule has 0 radical (unpaired) electrons. The van der Waals surface area contributed by atoms with Gasteiger partial charge in [-0.1, -0.05) is 5.92 Å². The second-order valence-electron chi connectivity index (χ2n) is 2.84. The smallest absolute Gasteiger partial charge is 0.265 e. The SMILES string of the molecule is Cc1cc(N)c(N)c(C#CC(=O)I)c1. The van der Waals surface area contributed by atoms with E-state index in [2.05, 4.69) is 11.8 Å². The van der Waals surface area contributed by atoms with Crippen molar-refractivity contribution in [2.75, 3.05) is 11.5 Å². The Balaban J connectivity index is 3.23. The van der Waals surface area contributed by atoms with E-state index in [1.807, 2.05) is 6.92 Å². The summed E-state index contributed by atoms with van der Waals surface area (Å²) in [5.74, 6) is 5.10. The van der Waals surface area contributed by atoms with Crippen LogP contribution in [0.2, 0.25) is 0 Å². The molecule has 1 aromatic rings. The van der Waals surface area contributed by atoms with Gasteiger partial charge >= 0.3 is 0 Å². The van der Waals surface area contributed by atoms with Gasteiger partial charge in [0.2, 0.25) is 0 Å². The third-order valence-electron chi connectivity index (χ3n) is 1.65. The molecule has 0 fully saturated rings. The van der Waals surface area contributed by atoms with Crippen molar-refractivity contribution in [3.63, 3.8) is 0 Å². The zero-order chi connectivity index (χ0) is 10.7. The monoisotopic (exact) mass is 300 g/mol. The van der Waals surface area contributed by atoms with Crippen molar-refractivity contribution in [2.45, 2.75) is 6.92 Å². The lowest BCUT2D eigenvalue weighted by Gasteiger charge is -2.03. The van der Waals surface area contributed by atoms with E-state index in [9.17, 15) is 4.79 Å². The standard InChI is InChI=1S/C10H9IN2O/c1-6-4-7(2-3-9(11)14)10(13)8(12)5-6/h4-5H,12-13H2,1H3. The summed E-state index contributed by atoms with van der Waals surface area (Å²) in [6.45, 7) is 1.90. The summed E-state index contributed by atoms with van der Waals surface area (Å²) in [5, 5.41) is 0. The Morgan fingerprint density at radius 3 is 2.64 bits per heavy atom. The zero-order valence-electron chi connectivity index (χ0n) is 7.60. The predicted molar refractivity (Wildman–Crippen MR) is 65.9 cm³/mol. The Kier molecular flexibility index (Phi) is 3.36. The van der Waals surface area contributed by atoms with Crippen LogP contribution in [-0.2, 0) is 4.79 Å². The summed E-state index contributed by atoms with van der Waals surface area (Å²) in [4.78, 5) is 10.6. The Hall–Kier alpha value is -1.22. The molecule has 0 spiro atoms. The van der Waals surface area contributed by atoms with Crippen molar-refractivity contribution in [3.05, 3.63) is 23.3 Å². The van der Waals surface area contributed by atoms with Crippen LogP contribution < -0.4 is 11.5 Å². The van der Waals surface area contributed by atoms with Gasteiger partial charge in [-0.3, -0.25) is 4.79 Å². The van der Waals surface area contributed by atoms with Crippen LogP contribution in [0.4, 0.5) is 11.4 Å². The van der Waals surface area contributed by atoms with E-state index < -0.39 is 0 Å². The number of anilines is 2. The molecule has 14 heavy (non-hydrogen) atoms. The van der Waals surface area contributed by atoms with Gasteiger partial charge in [0.15, 0.2) is 0 Å². The molecule has 4 N–H and O–H groups in total. The van der Waals surface area contributed by atoms with Crippen molar-refractivity contribution in [3.8, 4) is 11.8 Å². The third-order valence-corrected chi connectivity index (χ3v) is 1.92. The van der Waals surface area contributed by atoms with Gasteiger partial charge in [0.1, 0.15) is 0 Å². The Bertz CT molecular complexity index is 443. The van der Waals surface area contributed by atoms with Crippen LogP contribution in [0.1, 0.15) is 11.1 Å². The lowest BCUT2D eigenvalue weighted by atomic mass is 10.1. The first-order chi connectivity index (χ1) is 6.50. The molecular formula is C10H9IN2O. The van der Waals surface area contributed by atoms with E-state index in [0.717, 1.165) is 5.56 Å². The average Bonchev–Trinajstić information content (AvgIpc) is 2.08. The molecule has 1 rings (SSSR count). The fourth-order valence-electron chi connectivity index (χ4n) is 1.05. The highest BCUT2D eigenvalue weighted by Crippen LogP contribution is 2.21. The number of carbonyl (C=O) groups excluding carboxylic acids is 1. The molecule has 0 aliphatic carbocycles. The number of aryl methyl sites for hydroxylation is 1. The minimum Gasteiger partial charge on any atom is -0.397 e.